The minimum atomic E-state index is -4.46. The number of hydrogen-bond donors (Lipinski definition) is 2. The zero-order valence-electron chi connectivity index (χ0n) is 16.9. The van der Waals surface area contributed by atoms with E-state index in [1.807, 2.05) is 0 Å². The molecular weight excluding hydrogens is 459 g/mol. The third kappa shape index (κ3) is 7.71. The minimum Gasteiger partial charge on any atom is -0.368 e. The van der Waals surface area contributed by atoms with Crippen LogP contribution < -0.4 is 11.7 Å². The second-order valence-electron chi connectivity index (χ2n) is 6.81. The highest BCUT2D eigenvalue weighted by molar-refractivity contribution is 5.53. The largest absolute Gasteiger partial charge is 0.411 e. The van der Waals surface area contributed by atoms with Gasteiger partial charge in [-0.15, -0.1) is 0 Å². The van der Waals surface area contributed by atoms with Crippen molar-refractivity contribution >= 4 is 12.4 Å². The van der Waals surface area contributed by atoms with E-state index in [1.165, 1.54) is 18.2 Å². The topological polar surface area (TPSA) is 89.8 Å². The normalized spacial score (nSPS) is 13.7. The Labute approximate surface area is 184 Å². The highest BCUT2D eigenvalue weighted by Gasteiger charge is 2.45. The van der Waals surface area contributed by atoms with Gasteiger partial charge in [0.05, 0.1) is 12.5 Å². The van der Waals surface area contributed by atoms with Gasteiger partial charge >= 0.3 is 6.18 Å². The quantitative estimate of drug-likeness (QED) is 0.135. The molecule has 1 unspecified atom stereocenters. The first kappa shape index (κ1) is 26.1. The van der Waals surface area contributed by atoms with Crippen molar-refractivity contribution in [3.8, 4) is 0 Å². The van der Waals surface area contributed by atoms with Gasteiger partial charge in [0.25, 0.3) is 5.92 Å². The predicted molar refractivity (Wildman–Crippen MR) is 107 cm³/mol. The van der Waals surface area contributed by atoms with Gasteiger partial charge in [0, 0.05) is 18.8 Å². The van der Waals surface area contributed by atoms with Crippen LogP contribution in [-0.2, 0) is 10.7 Å². The molecule has 1 atom stereocenters. The fourth-order valence-electron chi connectivity index (χ4n) is 2.84. The maximum atomic E-state index is 15.4. The van der Waals surface area contributed by atoms with Crippen molar-refractivity contribution in [2.24, 2.45) is 16.8 Å². The number of benzene rings is 1. The van der Waals surface area contributed by atoms with E-state index in [-0.39, 0.29) is 6.61 Å². The maximum absolute atomic E-state index is 15.4. The van der Waals surface area contributed by atoms with Crippen LogP contribution in [0.5, 0.6) is 0 Å². The standard InChI is InChI=1S/C20H20F7N5O/c21-14-4-5-15(17(22)8-14)16(10-32(29)12-31-28)20(26,27)18-6-3-13(9-30-18)2-1-7-33-11-19(23,24)25/h1-6,8-9,12,16H,7,10-11,28-29H2/b2-1+,31-12-. The first-order valence-corrected chi connectivity index (χ1v) is 9.29. The first-order chi connectivity index (χ1) is 15.4. The zero-order valence-corrected chi connectivity index (χ0v) is 16.9. The lowest BCUT2D eigenvalue weighted by Crippen LogP contribution is -2.40. The molecule has 1 heterocycles. The lowest BCUT2D eigenvalue weighted by molar-refractivity contribution is -0.171. The number of alkyl halides is 5. The highest BCUT2D eigenvalue weighted by Crippen LogP contribution is 2.42. The van der Waals surface area contributed by atoms with Crippen molar-refractivity contribution in [3.05, 3.63) is 71.1 Å². The summed E-state index contributed by atoms with van der Waals surface area (Å²) in [7, 11) is 0. The van der Waals surface area contributed by atoms with E-state index in [0.29, 0.717) is 11.6 Å². The van der Waals surface area contributed by atoms with E-state index in [4.69, 9.17) is 11.7 Å². The monoisotopic (exact) mass is 479 g/mol. The molecule has 4 N–H and O–H groups in total. The maximum Gasteiger partial charge on any atom is 0.411 e. The molecule has 0 saturated heterocycles. The van der Waals surface area contributed by atoms with Crippen LogP contribution in [0.15, 0.2) is 47.7 Å². The summed E-state index contributed by atoms with van der Waals surface area (Å²) in [6.45, 7) is -2.41. The average molecular weight is 479 g/mol. The van der Waals surface area contributed by atoms with Gasteiger partial charge in [-0.3, -0.25) is 9.99 Å². The Morgan fingerprint density at radius 3 is 2.42 bits per heavy atom. The molecule has 13 heteroatoms. The van der Waals surface area contributed by atoms with Crippen LogP contribution in [-0.4, -0.2) is 42.3 Å². The van der Waals surface area contributed by atoms with Gasteiger partial charge in [0.2, 0.25) is 0 Å². The summed E-state index contributed by atoms with van der Waals surface area (Å²) in [5.41, 5.74) is -0.931. The summed E-state index contributed by atoms with van der Waals surface area (Å²) in [4.78, 5) is 3.70. The fourth-order valence-corrected chi connectivity index (χ4v) is 2.84. The molecule has 2 rings (SSSR count). The number of hydrogen-bond acceptors (Lipinski definition) is 5. The van der Waals surface area contributed by atoms with Crippen LogP contribution in [0.3, 0.4) is 0 Å². The van der Waals surface area contributed by atoms with Crippen LogP contribution in [0.1, 0.15) is 22.7 Å². The van der Waals surface area contributed by atoms with Crippen molar-refractivity contribution in [1.82, 2.24) is 9.99 Å². The summed E-state index contributed by atoms with van der Waals surface area (Å²) in [6.07, 6.45) is 0.0472. The van der Waals surface area contributed by atoms with Crippen molar-refractivity contribution in [2.45, 2.75) is 18.0 Å². The van der Waals surface area contributed by atoms with Crippen molar-refractivity contribution in [1.29, 1.82) is 0 Å². The van der Waals surface area contributed by atoms with Gasteiger partial charge in [-0.1, -0.05) is 24.3 Å². The van der Waals surface area contributed by atoms with Gasteiger partial charge in [-0.05, 0) is 23.3 Å². The number of nitrogens with zero attached hydrogens (tertiary/aromatic N) is 3. The molecule has 0 radical (unpaired) electrons. The lowest BCUT2D eigenvalue weighted by Gasteiger charge is -2.29. The number of hydrazine groups is 1. The Balaban J connectivity index is 2.24. The second-order valence-corrected chi connectivity index (χ2v) is 6.81. The van der Waals surface area contributed by atoms with Crippen LogP contribution in [0.25, 0.3) is 6.08 Å². The molecule has 0 amide bonds. The molecule has 0 aliphatic rings. The summed E-state index contributed by atoms with van der Waals surface area (Å²) in [6, 6.07) is 4.41. The Bertz CT molecular complexity index is 964. The number of nitrogens with two attached hydrogens (primary N) is 2. The Morgan fingerprint density at radius 1 is 1.12 bits per heavy atom. The SMILES string of the molecule is N/N=C\N(N)CC(c1ccc(F)cc1F)C(F)(F)c1ccc(/C=C/COCC(F)(F)F)cn1. The molecule has 0 spiro atoms. The van der Waals surface area contributed by atoms with E-state index in [2.05, 4.69) is 14.8 Å². The van der Waals surface area contributed by atoms with Crippen LogP contribution in [0.2, 0.25) is 0 Å². The molecule has 0 aliphatic heterocycles. The number of halogens is 7. The second kappa shape index (κ2) is 11.1. The summed E-state index contributed by atoms with van der Waals surface area (Å²) in [5, 5.41) is 3.84. The van der Waals surface area contributed by atoms with Gasteiger partial charge in [0.1, 0.15) is 30.3 Å². The minimum absolute atomic E-state index is 0.311. The smallest absolute Gasteiger partial charge is 0.368 e. The van der Waals surface area contributed by atoms with E-state index < -0.39 is 54.1 Å². The van der Waals surface area contributed by atoms with Crippen LogP contribution >= 0.6 is 0 Å². The molecule has 1 aromatic heterocycles. The van der Waals surface area contributed by atoms with E-state index in [1.54, 1.807) is 0 Å². The molecule has 0 bridgehead atoms. The highest BCUT2D eigenvalue weighted by atomic mass is 19.4. The summed E-state index contributed by atoms with van der Waals surface area (Å²) in [5.74, 6) is 2.73. The average Bonchev–Trinajstić information content (AvgIpc) is 2.72. The van der Waals surface area contributed by atoms with E-state index in [9.17, 15) is 22.0 Å². The Kier molecular flexibility index (Phi) is 8.76. The molecule has 1 aromatic carbocycles. The molecule has 33 heavy (non-hydrogen) atoms. The number of aromatic nitrogens is 1. The first-order valence-electron chi connectivity index (χ1n) is 9.29. The van der Waals surface area contributed by atoms with E-state index >= 15 is 8.78 Å². The van der Waals surface area contributed by atoms with Gasteiger partial charge in [0.15, 0.2) is 0 Å². The molecule has 0 aliphatic carbocycles. The number of rotatable bonds is 10. The molecule has 6 nitrogen and oxygen atoms in total. The van der Waals surface area contributed by atoms with Crippen LogP contribution in [0.4, 0.5) is 30.7 Å². The molecule has 0 saturated carbocycles. The number of ether oxygens (including phenoxy) is 1. The Morgan fingerprint density at radius 2 is 1.85 bits per heavy atom. The summed E-state index contributed by atoms with van der Waals surface area (Å²) < 4.78 is 98.8. The van der Waals surface area contributed by atoms with Crippen molar-refractivity contribution < 1.29 is 35.5 Å². The predicted octanol–water partition coefficient (Wildman–Crippen LogP) is 3.91. The Hall–Kier alpha value is -3.19. The molecular formula is C20H20F7N5O. The third-order valence-corrected chi connectivity index (χ3v) is 4.30. The third-order valence-electron chi connectivity index (χ3n) is 4.30. The van der Waals surface area contributed by atoms with Crippen LogP contribution in [0, 0.1) is 11.6 Å². The van der Waals surface area contributed by atoms with Gasteiger partial charge in [-0.2, -0.15) is 27.1 Å². The van der Waals surface area contributed by atoms with Crippen molar-refractivity contribution in [2.75, 3.05) is 19.8 Å². The van der Waals surface area contributed by atoms with Gasteiger partial charge < -0.3 is 10.6 Å². The summed E-state index contributed by atoms with van der Waals surface area (Å²) >= 11 is 0. The van der Waals surface area contributed by atoms with E-state index in [0.717, 1.165) is 35.7 Å². The van der Waals surface area contributed by atoms with Gasteiger partial charge in [-0.25, -0.2) is 14.6 Å². The molecule has 2 aromatic rings. The molecule has 180 valence electrons. The number of pyridine rings is 1. The lowest BCUT2D eigenvalue weighted by atomic mass is 9.89. The van der Waals surface area contributed by atoms with Crippen molar-refractivity contribution in [3.63, 3.8) is 0 Å². The fraction of sp³-hybridized carbons (Fsp3) is 0.300. The number of hydrazone groups is 1. The molecule has 0 fully saturated rings. The zero-order chi connectivity index (χ0) is 24.6.